The topological polar surface area (TPSA) is 57.6 Å². The number of aliphatic carboxylic acids is 1. The minimum absolute atomic E-state index is 0.0141. The Balaban J connectivity index is 2.50. The first-order chi connectivity index (χ1) is 7.31. The number of likely N-dealkylation sites (tertiary alicyclic amines) is 1. The molecule has 1 saturated heterocycles. The monoisotopic (exact) mass is 227 g/mol. The molecule has 1 unspecified atom stereocenters. The Bertz CT molecular complexity index is 280. The van der Waals surface area contributed by atoms with E-state index in [9.17, 15) is 9.59 Å². The van der Waals surface area contributed by atoms with E-state index in [1.54, 1.807) is 0 Å². The van der Waals surface area contributed by atoms with Crippen molar-refractivity contribution in [1.29, 1.82) is 0 Å². The summed E-state index contributed by atoms with van der Waals surface area (Å²) in [5, 5.41) is 8.97. The SMILES string of the molecule is CC(C)(C)CCC(=O)N1CCCC1C(=O)O. The molecule has 1 aliphatic heterocycles. The first kappa shape index (κ1) is 13.0. The molecule has 1 atom stereocenters. The number of nitrogens with zero attached hydrogens (tertiary/aromatic N) is 1. The Morgan fingerprint density at radius 3 is 2.50 bits per heavy atom. The van der Waals surface area contributed by atoms with Crippen molar-refractivity contribution in [2.45, 2.75) is 52.5 Å². The highest BCUT2D eigenvalue weighted by molar-refractivity contribution is 5.84. The first-order valence-corrected chi connectivity index (χ1v) is 5.83. The van der Waals surface area contributed by atoms with Crippen LogP contribution in [0.15, 0.2) is 0 Å². The van der Waals surface area contributed by atoms with Crippen molar-refractivity contribution >= 4 is 11.9 Å². The summed E-state index contributed by atoms with van der Waals surface area (Å²) < 4.78 is 0. The van der Waals surface area contributed by atoms with Gasteiger partial charge in [0, 0.05) is 13.0 Å². The Morgan fingerprint density at radius 1 is 1.38 bits per heavy atom. The van der Waals surface area contributed by atoms with Gasteiger partial charge in [0.05, 0.1) is 0 Å². The lowest BCUT2D eigenvalue weighted by atomic mass is 9.90. The maximum absolute atomic E-state index is 11.9. The fraction of sp³-hybridized carbons (Fsp3) is 0.833. The molecule has 1 fully saturated rings. The zero-order valence-electron chi connectivity index (χ0n) is 10.3. The molecule has 0 aliphatic carbocycles. The van der Waals surface area contributed by atoms with Crippen LogP contribution in [0.3, 0.4) is 0 Å². The minimum atomic E-state index is -0.874. The van der Waals surface area contributed by atoms with Crippen molar-refractivity contribution < 1.29 is 14.7 Å². The molecule has 1 aliphatic rings. The van der Waals surface area contributed by atoms with Crippen LogP contribution in [0, 0.1) is 5.41 Å². The molecule has 1 amide bonds. The molecule has 1 rings (SSSR count). The number of carbonyl (C=O) groups is 2. The summed E-state index contributed by atoms with van der Waals surface area (Å²) in [5.74, 6) is -0.888. The van der Waals surface area contributed by atoms with Crippen molar-refractivity contribution in [1.82, 2.24) is 4.90 Å². The van der Waals surface area contributed by atoms with Gasteiger partial charge in [-0.3, -0.25) is 4.79 Å². The van der Waals surface area contributed by atoms with Crippen LogP contribution in [0.4, 0.5) is 0 Å². The van der Waals surface area contributed by atoms with Gasteiger partial charge in [-0.25, -0.2) is 4.79 Å². The number of carboxylic acid groups (broad SMARTS) is 1. The van der Waals surface area contributed by atoms with Crippen molar-refractivity contribution in [3.8, 4) is 0 Å². The maximum atomic E-state index is 11.9. The molecular weight excluding hydrogens is 206 g/mol. The van der Waals surface area contributed by atoms with Crippen LogP contribution in [0.1, 0.15) is 46.5 Å². The van der Waals surface area contributed by atoms with E-state index in [4.69, 9.17) is 5.11 Å². The summed E-state index contributed by atoms with van der Waals surface area (Å²) in [6.45, 7) is 6.84. The number of carboxylic acids is 1. The Morgan fingerprint density at radius 2 is 2.00 bits per heavy atom. The largest absolute Gasteiger partial charge is 0.480 e. The quantitative estimate of drug-likeness (QED) is 0.801. The fourth-order valence-electron chi connectivity index (χ4n) is 1.95. The number of hydrogen-bond donors (Lipinski definition) is 1. The van der Waals surface area contributed by atoms with Gasteiger partial charge in [0.1, 0.15) is 6.04 Å². The molecule has 0 aromatic heterocycles. The highest BCUT2D eigenvalue weighted by Gasteiger charge is 2.33. The van der Waals surface area contributed by atoms with Crippen LogP contribution in [0.25, 0.3) is 0 Å². The molecule has 16 heavy (non-hydrogen) atoms. The molecule has 0 saturated carbocycles. The van der Waals surface area contributed by atoms with Crippen molar-refractivity contribution in [3.05, 3.63) is 0 Å². The average molecular weight is 227 g/mol. The molecule has 1 N–H and O–H groups in total. The standard InChI is InChI=1S/C12H21NO3/c1-12(2,3)7-6-10(14)13-8-4-5-9(13)11(15)16/h9H,4-8H2,1-3H3,(H,15,16). The van der Waals surface area contributed by atoms with E-state index in [1.165, 1.54) is 4.90 Å². The molecule has 4 heteroatoms. The minimum Gasteiger partial charge on any atom is -0.480 e. The van der Waals surface area contributed by atoms with Crippen LogP contribution in [-0.4, -0.2) is 34.5 Å². The summed E-state index contributed by atoms with van der Waals surface area (Å²) >= 11 is 0. The van der Waals surface area contributed by atoms with Crippen LogP contribution >= 0.6 is 0 Å². The molecule has 92 valence electrons. The van der Waals surface area contributed by atoms with E-state index in [0.717, 1.165) is 12.8 Å². The third kappa shape index (κ3) is 3.51. The summed E-state index contributed by atoms with van der Waals surface area (Å²) in [4.78, 5) is 24.3. The number of hydrogen-bond acceptors (Lipinski definition) is 2. The van der Waals surface area contributed by atoms with Crippen LogP contribution < -0.4 is 0 Å². The third-order valence-corrected chi connectivity index (χ3v) is 2.95. The second-order valence-corrected chi connectivity index (χ2v) is 5.64. The van der Waals surface area contributed by atoms with Crippen LogP contribution in [0.2, 0.25) is 0 Å². The van der Waals surface area contributed by atoms with Crippen molar-refractivity contribution in [2.75, 3.05) is 6.54 Å². The van der Waals surface area contributed by atoms with E-state index >= 15 is 0 Å². The lowest BCUT2D eigenvalue weighted by molar-refractivity contribution is -0.148. The maximum Gasteiger partial charge on any atom is 0.326 e. The van der Waals surface area contributed by atoms with Gasteiger partial charge < -0.3 is 10.0 Å². The Hall–Kier alpha value is -1.06. The van der Waals surface area contributed by atoms with Gasteiger partial charge >= 0.3 is 5.97 Å². The van der Waals surface area contributed by atoms with Gasteiger partial charge in [-0.05, 0) is 24.7 Å². The predicted molar refractivity (Wildman–Crippen MR) is 61.1 cm³/mol. The average Bonchev–Trinajstić information content (AvgIpc) is 2.61. The first-order valence-electron chi connectivity index (χ1n) is 5.83. The molecular formula is C12H21NO3. The van der Waals surface area contributed by atoms with Crippen molar-refractivity contribution in [2.24, 2.45) is 5.41 Å². The van der Waals surface area contributed by atoms with E-state index < -0.39 is 12.0 Å². The van der Waals surface area contributed by atoms with Gasteiger partial charge in [-0.15, -0.1) is 0 Å². The summed E-state index contributed by atoms with van der Waals surface area (Å²) in [6.07, 6.45) is 2.65. The molecule has 4 nitrogen and oxygen atoms in total. The zero-order chi connectivity index (χ0) is 12.3. The normalized spacial score (nSPS) is 21.2. The molecule has 1 heterocycles. The highest BCUT2D eigenvalue weighted by atomic mass is 16.4. The third-order valence-electron chi connectivity index (χ3n) is 2.95. The number of carbonyl (C=O) groups excluding carboxylic acids is 1. The van der Waals surface area contributed by atoms with Crippen LogP contribution in [-0.2, 0) is 9.59 Å². The second-order valence-electron chi connectivity index (χ2n) is 5.64. The van der Waals surface area contributed by atoms with Gasteiger partial charge in [0.2, 0.25) is 5.91 Å². The molecule has 0 aromatic rings. The number of amides is 1. The van der Waals surface area contributed by atoms with E-state index in [1.807, 2.05) is 0 Å². The summed E-state index contributed by atoms with van der Waals surface area (Å²) in [5.41, 5.74) is 0.119. The smallest absolute Gasteiger partial charge is 0.326 e. The summed E-state index contributed by atoms with van der Waals surface area (Å²) in [7, 11) is 0. The molecule has 0 aromatic carbocycles. The van der Waals surface area contributed by atoms with Gasteiger partial charge in [0.25, 0.3) is 0 Å². The molecule has 0 bridgehead atoms. The Kier molecular flexibility index (Phi) is 3.94. The van der Waals surface area contributed by atoms with E-state index in [0.29, 0.717) is 19.4 Å². The lowest BCUT2D eigenvalue weighted by Crippen LogP contribution is -2.40. The Labute approximate surface area is 96.6 Å². The van der Waals surface area contributed by atoms with Crippen molar-refractivity contribution in [3.63, 3.8) is 0 Å². The van der Waals surface area contributed by atoms with Gasteiger partial charge in [0.15, 0.2) is 0 Å². The van der Waals surface area contributed by atoms with Gasteiger partial charge in [-0.2, -0.15) is 0 Å². The van der Waals surface area contributed by atoms with Crippen LogP contribution in [0.5, 0.6) is 0 Å². The lowest BCUT2D eigenvalue weighted by Gasteiger charge is -2.24. The fourth-order valence-corrected chi connectivity index (χ4v) is 1.95. The van der Waals surface area contributed by atoms with Gasteiger partial charge in [-0.1, -0.05) is 20.8 Å². The zero-order valence-corrected chi connectivity index (χ0v) is 10.3. The summed E-state index contributed by atoms with van der Waals surface area (Å²) in [6, 6.07) is -0.590. The number of rotatable bonds is 3. The molecule has 0 spiro atoms. The van der Waals surface area contributed by atoms with E-state index in [-0.39, 0.29) is 11.3 Å². The van der Waals surface area contributed by atoms with E-state index in [2.05, 4.69) is 20.8 Å². The molecule has 0 radical (unpaired) electrons. The highest BCUT2D eigenvalue weighted by Crippen LogP contribution is 2.24. The second kappa shape index (κ2) is 4.85. The predicted octanol–water partition coefficient (Wildman–Crippen LogP) is 1.89.